The molecule has 0 radical (unpaired) electrons. The van der Waals surface area contributed by atoms with Crippen LogP contribution in [0.5, 0.6) is 0 Å². The Morgan fingerprint density at radius 3 is 2.76 bits per heavy atom. The van der Waals surface area contributed by atoms with E-state index in [9.17, 15) is 4.21 Å². The second kappa shape index (κ2) is 5.78. The van der Waals surface area contributed by atoms with E-state index in [1.807, 2.05) is 6.92 Å². The molecule has 2 unspecified atom stereocenters. The quantitative estimate of drug-likeness (QED) is 0.841. The number of nitrogens with one attached hydrogen (secondary N) is 1. The van der Waals surface area contributed by atoms with E-state index in [0.717, 1.165) is 19.0 Å². The van der Waals surface area contributed by atoms with Crippen molar-refractivity contribution in [1.82, 2.24) is 5.32 Å². The summed E-state index contributed by atoms with van der Waals surface area (Å²) in [7, 11) is -0.732. The molecule has 17 heavy (non-hydrogen) atoms. The molecular formula is C14H21NOS. The lowest BCUT2D eigenvalue weighted by molar-refractivity contribution is 0.645. The summed E-state index contributed by atoms with van der Waals surface area (Å²) in [6.45, 7) is 3.74. The van der Waals surface area contributed by atoms with Crippen LogP contribution in [-0.2, 0) is 17.3 Å². The fraction of sp³-hybridized carbons (Fsp3) is 0.571. The lowest BCUT2D eigenvalue weighted by Crippen LogP contribution is -2.27. The first-order valence-electron chi connectivity index (χ1n) is 6.29. The molecule has 1 aromatic carbocycles. The number of hydrogen-bond acceptors (Lipinski definition) is 2. The van der Waals surface area contributed by atoms with Gasteiger partial charge >= 0.3 is 0 Å². The standard InChI is InChI=1S/C14H21NOS/c1-11(17(2)16)9-15-10-13-5-3-4-6-14(13)12-7-8-12/h3-6,11-12,15H,7-10H2,1-2H3. The Labute approximate surface area is 106 Å². The Balaban J connectivity index is 1.88. The van der Waals surface area contributed by atoms with Crippen molar-refractivity contribution >= 4 is 10.8 Å². The molecule has 2 nitrogen and oxygen atoms in total. The third kappa shape index (κ3) is 3.65. The smallest absolute Gasteiger partial charge is 0.0441 e. The Hall–Kier alpha value is -0.670. The molecule has 0 aromatic heterocycles. The zero-order valence-corrected chi connectivity index (χ0v) is 11.4. The van der Waals surface area contributed by atoms with Gasteiger partial charge in [-0.05, 0) is 36.8 Å². The van der Waals surface area contributed by atoms with Crippen molar-refractivity contribution in [1.29, 1.82) is 0 Å². The maximum absolute atomic E-state index is 11.2. The summed E-state index contributed by atoms with van der Waals surface area (Å²) >= 11 is 0. The Kier molecular flexibility index (Phi) is 4.35. The van der Waals surface area contributed by atoms with Crippen molar-refractivity contribution in [2.45, 2.75) is 37.5 Å². The maximum atomic E-state index is 11.2. The van der Waals surface area contributed by atoms with Gasteiger partial charge < -0.3 is 5.32 Å². The van der Waals surface area contributed by atoms with Crippen molar-refractivity contribution in [2.24, 2.45) is 0 Å². The highest BCUT2D eigenvalue weighted by Crippen LogP contribution is 2.41. The van der Waals surface area contributed by atoms with Gasteiger partial charge in [0.2, 0.25) is 0 Å². The highest BCUT2D eigenvalue weighted by atomic mass is 32.2. The molecule has 0 amide bonds. The van der Waals surface area contributed by atoms with Crippen molar-refractivity contribution < 1.29 is 4.21 Å². The first-order valence-corrected chi connectivity index (χ1v) is 7.91. The zero-order chi connectivity index (χ0) is 12.3. The number of rotatable bonds is 6. The SMILES string of the molecule is CC(CNCc1ccccc1C1CC1)S(C)=O. The summed E-state index contributed by atoms with van der Waals surface area (Å²) in [5.74, 6) is 0.797. The molecular weight excluding hydrogens is 230 g/mol. The highest BCUT2D eigenvalue weighted by molar-refractivity contribution is 7.84. The molecule has 2 rings (SSSR count). The average molecular weight is 251 g/mol. The lowest BCUT2D eigenvalue weighted by atomic mass is 10.0. The van der Waals surface area contributed by atoms with Gasteiger partial charge in [-0.1, -0.05) is 24.3 Å². The first-order chi connectivity index (χ1) is 8.18. The van der Waals surface area contributed by atoms with Crippen LogP contribution in [0.1, 0.15) is 36.8 Å². The van der Waals surface area contributed by atoms with E-state index >= 15 is 0 Å². The Morgan fingerprint density at radius 1 is 1.41 bits per heavy atom. The van der Waals surface area contributed by atoms with Gasteiger partial charge in [0.05, 0.1) is 0 Å². The predicted octanol–water partition coefficient (Wildman–Crippen LogP) is 2.42. The first kappa shape index (κ1) is 12.8. The van der Waals surface area contributed by atoms with Gasteiger partial charge in [0.1, 0.15) is 0 Å². The molecule has 0 heterocycles. The zero-order valence-electron chi connectivity index (χ0n) is 10.6. The summed E-state index contributed by atoms with van der Waals surface area (Å²) in [4.78, 5) is 0. The van der Waals surface area contributed by atoms with Crippen LogP contribution < -0.4 is 5.32 Å². The fourth-order valence-electron chi connectivity index (χ4n) is 2.02. The van der Waals surface area contributed by atoms with Gasteiger partial charge in [0.15, 0.2) is 0 Å². The van der Waals surface area contributed by atoms with Gasteiger partial charge in [-0.15, -0.1) is 0 Å². The van der Waals surface area contributed by atoms with Crippen molar-refractivity contribution in [3.05, 3.63) is 35.4 Å². The van der Waals surface area contributed by atoms with Crippen molar-refractivity contribution in [3.8, 4) is 0 Å². The molecule has 94 valence electrons. The van der Waals surface area contributed by atoms with E-state index < -0.39 is 10.8 Å². The number of benzene rings is 1. The summed E-state index contributed by atoms with van der Waals surface area (Å²) in [6, 6.07) is 8.68. The molecule has 0 saturated heterocycles. The monoisotopic (exact) mass is 251 g/mol. The molecule has 0 bridgehead atoms. The minimum atomic E-state index is -0.732. The molecule has 1 aliphatic carbocycles. The molecule has 1 fully saturated rings. The molecule has 2 atom stereocenters. The van der Waals surface area contributed by atoms with Gasteiger partial charge in [0, 0.05) is 35.4 Å². The maximum Gasteiger partial charge on any atom is 0.0441 e. The lowest BCUT2D eigenvalue weighted by Gasteiger charge is -2.12. The van der Waals surface area contributed by atoms with Crippen LogP contribution in [0.3, 0.4) is 0 Å². The normalized spacial score (nSPS) is 18.9. The second-order valence-electron chi connectivity index (χ2n) is 4.91. The molecule has 0 aliphatic heterocycles. The summed E-state index contributed by atoms with van der Waals surface area (Å²) < 4.78 is 11.2. The van der Waals surface area contributed by atoms with Crippen LogP contribution in [-0.4, -0.2) is 22.3 Å². The van der Waals surface area contributed by atoms with E-state index in [4.69, 9.17) is 0 Å². The predicted molar refractivity (Wildman–Crippen MR) is 73.7 cm³/mol. The third-order valence-corrected chi connectivity index (χ3v) is 4.69. The molecule has 1 saturated carbocycles. The molecule has 1 aliphatic rings. The minimum Gasteiger partial charge on any atom is -0.311 e. The Bertz CT molecular complexity index is 401. The molecule has 0 spiro atoms. The minimum absolute atomic E-state index is 0.225. The largest absolute Gasteiger partial charge is 0.311 e. The molecule has 3 heteroatoms. The second-order valence-corrected chi connectivity index (χ2v) is 6.72. The van der Waals surface area contributed by atoms with Crippen molar-refractivity contribution in [2.75, 3.05) is 12.8 Å². The number of hydrogen-bond donors (Lipinski definition) is 1. The highest BCUT2D eigenvalue weighted by Gasteiger charge is 2.25. The van der Waals surface area contributed by atoms with Gasteiger partial charge in [-0.25, -0.2) is 0 Å². The van der Waals surface area contributed by atoms with Crippen LogP contribution >= 0.6 is 0 Å². The topological polar surface area (TPSA) is 29.1 Å². The van der Waals surface area contributed by atoms with Gasteiger partial charge in [-0.3, -0.25) is 4.21 Å². The van der Waals surface area contributed by atoms with Crippen LogP contribution in [0.15, 0.2) is 24.3 Å². The average Bonchev–Trinajstić information content (AvgIpc) is 3.13. The summed E-state index contributed by atoms with van der Waals surface area (Å²) in [6.07, 6.45) is 4.45. The van der Waals surface area contributed by atoms with Crippen LogP contribution in [0.2, 0.25) is 0 Å². The van der Waals surface area contributed by atoms with Crippen molar-refractivity contribution in [3.63, 3.8) is 0 Å². The summed E-state index contributed by atoms with van der Waals surface area (Å²) in [5.41, 5.74) is 2.91. The van der Waals surface area contributed by atoms with E-state index in [1.165, 1.54) is 24.0 Å². The van der Waals surface area contributed by atoms with E-state index in [2.05, 4.69) is 29.6 Å². The van der Waals surface area contributed by atoms with Crippen LogP contribution in [0, 0.1) is 0 Å². The molecule has 1 N–H and O–H groups in total. The Morgan fingerprint density at radius 2 is 2.12 bits per heavy atom. The fourth-order valence-corrected chi connectivity index (χ4v) is 2.37. The van der Waals surface area contributed by atoms with Crippen LogP contribution in [0.4, 0.5) is 0 Å². The van der Waals surface area contributed by atoms with Gasteiger partial charge in [-0.2, -0.15) is 0 Å². The third-order valence-electron chi connectivity index (χ3n) is 3.39. The van der Waals surface area contributed by atoms with Crippen LogP contribution in [0.25, 0.3) is 0 Å². The van der Waals surface area contributed by atoms with Gasteiger partial charge in [0.25, 0.3) is 0 Å². The van der Waals surface area contributed by atoms with E-state index in [1.54, 1.807) is 6.26 Å². The summed E-state index contributed by atoms with van der Waals surface area (Å²) in [5, 5.41) is 3.64. The van der Waals surface area contributed by atoms with E-state index in [-0.39, 0.29) is 5.25 Å². The molecule has 1 aromatic rings. The van der Waals surface area contributed by atoms with E-state index in [0.29, 0.717) is 0 Å².